The molecule has 1 aliphatic heterocycles. The molecule has 0 saturated carbocycles. The van der Waals surface area contributed by atoms with Gasteiger partial charge in [-0.15, -0.1) is 11.3 Å². The minimum Gasteiger partial charge on any atom is -0.391 e. The number of carbonyl (C=O) groups excluding carboxylic acids is 2. The zero-order valence-corrected chi connectivity index (χ0v) is 14.3. The molecule has 2 N–H and O–H groups in total. The number of likely N-dealkylation sites (tertiary alicyclic amines) is 1. The molecule has 0 aliphatic carbocycles. The highest BCUT2D eigenvalue weighted by molar-refractivity contribution is 7.12. The van der Waals surface area contributed by atoms with Gasteiger partial charge in [0.1, 0.15) is 0 Å². The van der Waals surface area contributed by atoms with Crippen LogP contribution in [0.2, 0.25) is 0 Å². The second-order valence-electron chi connectivity index (χ2n) is 6.01. The van der Waals surface area contributed by atoms with Gasteiger partial charge < -0.3 is 15.3 Å². The van der Waals surface area contributed by atoms with Crippen molar-refractivity contribution in [2.75, 3.05) is 18.4 Å². The van der Waals surface area contributed by atoms with Crippen molar-refractivity contribution in [3.05, 3.63) is 51.7 Å². The van der Waals surface area contributed by atoms with Gasteiger partial charge in [0.05, 0.1) is 11.0 Å². The molecule has 2 aromatic rings. The van der Waals surface area contributed by atoms with Crippen molar-refractivity contribution in [2.24, 2.45) is 0 Å². The number of rotatable bonds is 3. The molecule has 2 amide bonds. The number of β-amino-alcohol motifs (C(OH)–C–C–N with tert-alkyl or cyclic N) is 1. The van der Waals surface area contributed by atoms with Gasteiger partial charge in [-0.2, -0.15) is 0 Å². The van der Waals surface area contributed by atoms with E-state index >= 15 is 0 Å². The van der Waals surface area contributed by atoms with E-state index in [4.69, 9.17) is 0 Å². The number of nitrogens with zero attached hydrogens (tertiary/aromatic N) is 1. The van der Waals surface area contributed by atoms with Crippen molar-refractivity contribution in [3.63, 3.8) is 0 Å². The van der Waals surface area contributed by atoms with Gasteiger partial charge in [0.25, 0.3) is 11.8 Å². The predicted molar refractivity (Wildman–Crippen MR) is 94.6 cm³/mol. The van der Waals surface area contributed by atoms with E-state index in [9.17, 15) is 14.7 Å². The molecule has 3 rings (SSSR count). The predicted octanol–water partition coefficient (Wildman–Crippen LogP) is 2.91. The summed E-state index contributed by atoms with van der Waals surface area (Å²) in [5.74, 6) is -0.280. The van der Waals surface area contributed by atoms with Crippen molar-refractivity contribution in [1.82, 2.24) is 4.90 Å². The molecule has 126 valence electrons. The zero-order valence-electron chi connectivity index (χ0n) is 13.5. The first-order valence-corrected chi connectivity index (χ1v) is 8.85. The van der Waals surface area contributed by atoms with E-state index in [2.05, 4.69) is 5.32 Å². The molecular weight excluding hydrogens is 324 g/mol. The average molecular weight is 344 g/mol. The lowest BCUT2D eigenvalue weighted by Gasteiger charge is -2.30. The second-order valence-corrected chi connectivity index (χ2v) is 6.93. The highest BCUT2D eigenvalue weighted by Crippen LogP contribution is 2.20. The number of amides is 2. The smallest absolute Gasteiger partial charge is 0.265 e. The lowest BCUT2D eigenvalue weighted by Crippen LogP contribution is -2.42. The van der Waals surface area contributed by atoms with Gasteiger partial charge >= 0.3 is 0 Å². The SMILES string of the molecule is Cc1ccsc1C(=O)Nc1cccc(C(=O)N2CCC[C@H](O)C2)c1. The summed E-state index contributed by atoms with van der Waals surface area (Å²) in [6.45, 7) is 2.91. The van der Waals surface area contributed by atoms with Gasteiger partial charge in [0.15, 0.2) is 0 Å². The van der Waals surface area contributed by atoms with Crippen molar-refractivity contribution >= 4 is 28.8 Å². The molecule has 1 saturated heterocycles. The van der Waals surface area contributed by atoms with Gasteiger partial charge in [0, 0.05) is 24.3 Å². The fourth-order valence-electron chi connectivity index (χ4n) is 2.84. The van der Waals surface area contributed by atoms with Gasteiger partial charge in [-0.3, -0.25) is 9.59 Å². The van der Waals surface area contributed by atoms with Crippen molar-refractivity contribution < 1.29 is 14.7 Å². The van der Waals surface area contributed by atoms with E-state index in [1.807, 2.05) is 18.4 Å². The van der Waals surface area contributed by atoms with Crippen LogP contribution in [0, 0.1) is 6.92 Å². The van der Waals surface area contributed by atoms with E-state index in [1.165, 1.54) is 11.3 Å². The molecular formula is C18H20N2O3S. The van der Waals surface area contributed by atoms with Crippen LogP contribution in [0.25, 0.3) is 0 Å². The lowest BCUT2D eigenvalue weighted by atomic mass is 10.1. The molecule has 1 aliphatic rings. The molecule has 2 heterocycles. The fraction of sp³-hybridized carbons (Fsp3) is 0.333. The first-order chi connectivity index (χ1) is 11.5. The quantitative estimate of drug-likeness (QED) is 0.899. The standard InChI is InChI=1S/C18H20N2O3S/c1-12-7-9-24-16(12)17(22)19-14-5-2-4-13(10-14)18(23)20-8-3-6-15(21)11-20/h2,4-5,7,9-10,15,21H,3,6,8,11H2,1H3,(H,19,22)/t15-/m0/s1. The van der Waals surface area contributed by atoms with Crippen molar-refractivity contribution in [1.29, 1.82) is 0 Å². The van der Waals surface area contributed by atoms with Crippen LogP contribution in [0.15, 0.2) is 35.7 Å². The topological polar surface area (TPSA) is 69.6 Å². The van der Waals surface area contributed by atoms with E-state index in [0.29, 0.717) is 29.2 Å². The fourth-order valence-corrected chi connectivity index (χ4v) is 3.67. The van der Waals surface area contributed by atoms with E-state index in [1.54, 1.807) is 29.2 Å². The number of nitrogens with one attached hydrogen (secondary N) is 1. The summed E-state index contributed by atoms with van der Waals surface area (Å²) in [6.07, 6.45) is 1.09. The molecule has 1 aromatic heterocycles. The summed E-state index contributed by atoms with van der Waals surface area (Å²) in [7, 11) is 0. The summed E-state index contributed by atoms with van der Waals surface area (Å²) >= 11 is 1.40. The summed E-state index contributed by atoms with van der Waals surface area (Å²) in [5, 5.41) is 14.5. The number of hydrogen-bond donors (Lipinski definition) is 2. The number of piperidine rings is 1. The van der Waals surface area contributed by atoms with Gasteiger partial charge in [-0.1, -0.05) is 6.07 Å². The lowest BCUT2D eigenvalue weighted by molar-refractivity contribution is 0.0474. The van der Waals surface area contributed by atoms with Crippen LogP contribution in [-0.4, -0.2) is 41.0 Å². The molecule has 24 heavy (non-hydrogen) atoms. The number of anilines is 1. The van der Waals surface area contributed by atoms with Crippen LogP contribution < -0.4 is 5.32 Å². The molecule has 0 unspecified atom stereocenters. The van der Waals surface area contributed by atoms with E-state index in [-0.39, 0.29) is 11.8 Å². The average Bonchev–Trinajstić information content (AvgIpc) is 3.00. The summed E-state index contributed by atoms with van der Waals surface area (Å²) < 4.78 is 0. The highest BCUT2D eigenvalue weighted by atomic mass is 32.1. The summed E-state index contributed by atoms with van der Waals surface area (Å²) in [5.41, 5.74) is 2.05. The Morgan fingerprint density at radius 2 is 2.17 bits per heavy atom. The second kappa shape index (κ2) is 7.15. The Kier molecular flexibility index (Phi) is 4.97. The van der Waals surface area contributed by atoms with Crippen LogP contribution in [0.5, 0.6) is 0 Å². The highest BCUT2D eigenvalue weighted by Gasteiger charge is 2.23. The third kappa shape index (κ3) is 3.66. The Hall–Kier alpha value is -2.18. The summed E-state index contributed by atoms with van der Waals surface area (Å²) in [6, 6.07) is 8.84. The van der Waals surface area contributed by atoms with Gasteiger partial charge in [-0.25, -0.2) is 0 Å². The third-order valence-electron chi connectivity index (χ3n) is 4.12. The van der Waals surface area contributed by atoms with Crippen LogP contribution in [0.1, 0.15) is 38.4 Å². The Bertz CT molecular complexity index is 756. The number of aryl methyl sites for hydroxylation is 1. The largest absolute Gasteiger partial charge is 0.391 e. The molecule has 5 nitrogen and oxygen atoms in total. The normalized spacial score (nSPS) is 17.6. The van der Waals surface area contributed by atoms with E-state index < -0.39 is 6.10 Å². The van der Waals surface area contributed by atoms with E-state index in [0.717, 1.165) is 18.4 Å². The number of hydrogen-bond acceptors (Lipinski definition) is 4. The first kappa shape index (κ1) is 16.7. The number of aliphatic hydroxyl groups excluding tert-OH is 1. The number of carbonyl (C=O) groups is 2. The molecule has 0 spiro atoms. The molecule has 1 fully saturated rings. The van der Waals surface area contributed by atoms with Gasteiger partial charge in [0.2, 0.25) is 0 Å². The molecule has 6 heteroatoms. The Labute approximate surface area is 144 Å². The van der Waals surface area contributed by atoms with Crippen LogP contribution in [-0.2, 0) is 0 Å². The molecule has 0 bridgehead atoms. The molecule has 1 atom stereocenters. The van der Waals surface area contributed by atoms with Crippen LogP contribution in [0.4, 0.5) is 5.69 Å². The zero-order chi connectivity index (χ0) is 17.1. The first-order valence-electron chi connectivity index (χ1n) is 7.97. The maximum Gasteiger partial charge on any atom is 0.265 e. The minimum absolute atomic E-state index is 0.114. The Morgan fingerprint density at radius 1 is 1.33 bits per heavy atom. The number of thiophene rings is 1. The summed E-state index contributed by atoms with van der Waals surface area (Å²) in [4.78, 5) is 27.2. The molecule has 0 radical (unpaired) electrons. The Balaban J connectivity index is 1.73. The van der Waals surface area contributed by atoms with Crippen molar-refractivity contribution in [2.45, 2.75) is 25.9 Å². The maximum absolute atomic E-state index is 12.6. The molecule has 1 aromatic carbocycles. The monoisotopic (exact) mass is 344 g/mol. The van der Waals surface area contributed by atoms with Gasteiger partial charge in [-0.05, 0) is 55.0 Å². The third-order valence-corrected chi connectivity index (χ3v) is 5.13. The maximum atomic E-state index is 12.6. The minimum atomic E-state index is -0.451. The number of aliphatic hydroxyl groups is 1. The van der Waals surface area contributed by atoms with Crippen LogP contribution >= 0.6 is 11.3 Å². The Morgan fingerprint density at radius 3 is 2.88 bits per heavy atom. The van der Waals surface area contributed by atoms with Crippen LogP contribution in [0.3, 0.4) is 0 Å². The number of benzene rings is 1. The van der Waals surface area contributed by atoms with Crippen molar-refractivity contribution in [3.8, 4) is 0 Å².